The fourth-order valence-corrected chi connectivity index (χ4v) is 16.8. The summed E-state index contributed by atoms with van der Waals surface area (Å²) in [5, 5.41) is 0. The first-order valence-corrected chi connectivity index (χ1v) is 37.8. The molecule has 0 radical (unpaired) electrons. The van der Waals surface area contributed by atoms with E-state index in [9.17, 15) is 0 Å². The van der Waals surface area contributed by atoms with Crippen molar-refractivity contribution in [3.63, 3.8) is 0 Å². The second-order valence-electron chi connectivity index (χ2n) is 36.5. The van der Waals surface area contributed by atoms with Crippen LogP contribution in [0.1, 0.15) is 279 Å². The monoisotopic (exact) mass is 1520 g/mol. The average Bonchev–Trinajstić information content (AvgIpc) is 1.59. The van der Waals surface area contributed by atoms with Gasteiger partial charge in [0.1, 0.15) is 24.2 Å². The lowest BCUT2D eigenvalue weighted by molar-refractivity contribution is 0.262. The molecule has 10 rings (SSSR count). The zero-order valence-corrected chi connectivity index (χ0v) is 67.8. The van der Waals surface area contributed by atoms with Crippen LogP contribution >= 0.6 is 45.2 Å². The van der Waals surface area contributed by atoms with Crippen LogP contribution in [0.25, 0.3) is 0 Å². The highest BCUT2D eigenvalue weighted by molar-refractivity contribution is 14.1. The van der Waals surface area contributed by atoms with Crippen LogP contribution in [0.4, 0.5) is 0 Å². The lowest BCUT2D eigenvalue weighted by Gasteiger charge is -2.30. The van der Waals surface area contributed by atoms with E-state index in [0.717, 1.165) is 11.9 Å². The highest BCUT2D eigenvalue weighted by Crippen LogP contribution is 2.51. The van der Waals surface area contributed by atoms with Gasteiger partial charge in [0.25, 0.3) is 0 Å². The zero-order valence-electron chi connectivity index (χ0n) is 63.5. The van der Waals surface area contributed by atoms with E-state index in [1.807, 2.05) is 0 Å². The number of guanidine groups is 2. The van der Waals surface area contributed by atoms with Gasteiger partial charge in [0, 0.05) is 7.14 Å². The molecule has 2 aliphatic rings. The van der Waals surface area contributed by atoms with Crippen molar-refractivity contribution < 1.29 is 0 Å². The van der Waals surface area contributed by atoms with Crippen molar-refractivity contribution in [2.24, 2.45) is 0 Å². The second kappa shape index (κ2) is 27.4. The molecule has 8 aromatic carbocycles. The van der Waals surface area contributed by atoms with E-state index in [1.165, 1.54) is 96.2 Å². The molecule has 8 aromatic rings. The summed E-state index contributed by atoms with van der Waals surface area (Å²) in [5.41, 5.74) is 20.2. The molecule has 4 atom stereocenters. The molecular formula is C90H114I2N5+. The first-order valence-electron chi connectivity index (χ1n) is 35.7. The zero-order chi connectivity index (χ0) is 70.9. The predicted octanol–water partition coefficient (Wildman–Crippen LogP) is 23.4. The smallest absolute Gasteiger partial charge is 0.268 e. The van der Waals surface area contributed by atoms with Gasteiger partial charge in [-0.15, -0.1) is 0 Å². The van der Waals surface area contributed by atoms with E-state index in [1.54, 1.807) is 0 Å². The molecule has 2 aliphatic heterocycles. The summed E-state index contributed by atoms with van der Waals surface area (Å²) < 4.78 is 9.48. The van der Waals surface area contributed by atoms with Gasteiger partial charge in [0.15, 0.2) is 0 Å². The average molecular weight is 1520 g/mol. The molecule has 512 valence electrons. The Morgan fingerprint density at radius 3 is 0.701 bits per heavy atom. The summed E-state index contributed by atoms with van der Waals surface area (Å²) in [4.78, 5) is 11.0. The van der Waals surface area contributed by atoms with E-state index in [2.05, 4.69) is 413 Å². The van der Waals surface area contributed by atoms with Gasteiger partial charge in [0.2, 0.25) is 0 Å². The standard InChI is InChI=1S/C90H114I2N5/c1-83(2,3)67-45-59(46-68(51-67)84(4,5)6)55-94-77(61-37-29-25-30-38-61)78(62-39-31-26-32-40-62)95(56-60-47-69(85(7,8)9)52-70(48-60)86(10,11)12)81(94)93-82-96(57-65-49-71(87(13,14)15)53-73(75(65)91)89(19,20)21)79(63-41-33-27-34-42-63)80(64-43-35-28-36-44-64)97(82)58-66-50-72(88(16,17)18)54-74(76(66)92)90(22,23)24/h25-54,77-80H,55-58H2,1-24H3/q+1/t77-,78-,79-,80-/m0/s1. The number of hydrogen-bond donors (Lipinski definition) is 0. The van der Waals surface area contributed by atoms with Crippen LogP contribution in [0.2, 0.25) is 0 Å². The Hall–Kier alpha value is -6.13. The summed E-state index contributed by atoms with van der Waals surface area (Å²) in [6.45, 7) is 59.5. The van der Waals surface area contributed by atoms with Gasteiger partial charge >= 0.3 is 11.9 Å². The van der Waals surface area contributed by atoms with Gasteiger partial charge < -0.3 is 0 Å². The van der Waals surface area contributed by atoms with Crippen molar-refractivity contribution in [2.75, 3.05) is 0 Å². The molecule has 0 aliphatic carbocycles. The highest BCUT2D eigenvalue weighted by Gasteiger charge is 2.55. The Morgan fingerprint density at radius 1 is 0.268 bits per heavy atom. The van der Waals surface area contributed by atoms with Gasteiger partial charge in [0.05, 0.1) is 26.2 Å². The third-order valence-electron chi connectivity index (χ3n) is 20.2. The Labute approximate surface area is 614 Å². The summed E-state index contributed by atoms with van der Waals surface area (Å²) in [5.74, 6) is 1.93. The van der Waals surface area contributed by atoms with Crippen molar-refractivity contribution >= 4 is 57.1 Å². The highest BCUT2D eigenvalue weighted by atomic mass is 127. The fourth-order valence-electron chi connectivity index (χ4n) is 14.2. The normalized spacial score (nSPS) is 17.8. The van der Waals surface area contributed by atoms with Crippen LogP contribution < -0.4 is 4.67 Å². The van der Waals surface area contributed by atoms with E-state index in [-0.39, 0.29) is 67.5 Å². The van der Waals surface area contributed by atoms with Crippen molar-refractivity contribution in [3.05, 3.63) is 278 Å². The first kappa shape index (κ1) is 73.6. The summed E-state index contributed by atoms with van der Waals surface area (Å²) in [7, 11) is 0. The molecule has 0 amide bonds. The van der Waals surface area contributed by atoms with Crippen LogP contribution in [0, 0.1) is 7.14 Å². The maximum absolute atomic E-state index is 6.85. The van der Waals surface area contributed by atoms with Gasteiger partial charge in [-0.05, 0) is 178 Å². The molecule has 97 heavy (non-hydrogen) atoms. The van der Waals surface area contributed by atoms with Crippen molar-refractivity contribution in [1.29, 1.82) is 0 Å². The Kier molecular flexibility index (Phi) is 20.8. The number of halogens is 2. The van der Waals surface area contributed by atoms with Crippen molar-refractivity contribution in [2.45, 2.75) is 260 Å². The third-order valence-corrected chi connectivity index (χ3v) is 22.8. The number of nitrogens with zero attached hydrogens (tertiary/aromatic N) is 5. The van der Waals surface area contributed by atoms with E-state index in [4.69, 9.17) is 4.67 Å². The lowest BCUT2D eigenvalue weighted by Crippen LogP contribution is -2.42. The molecule has 0 saturated carbocycles. The molecule has 2 saturated heterocycles. The minimum Gasteiger partial charge on any atom is -0.268 e. The predicted molar refractivity (Wildman–Crippen MR) is 432 cm³/mol. The minimum atomic E-state index is -0.172. The molecule has 7 heteroatoms. The lowest BCUT2D eigenvalue weighted by atomic mass is 9.79. The Balaban J connectivity index is 1.45. The van der Waals surface area contributed by atoms with Gasteiger partial charge in [-0.2, -0.15) is 0 Å². The van der Waals surface area contributed by atoms with Crippen LogP contribution in [0.3, 0.4) is 0 Å². The van der Waals surface area contributed by atoms with Gasteiger partial charge in [-0.1, -0.05) is 348 Å². The first-order chi connectivity index (χ1) is 45.0. The van der Waals surface area contributed by atoms with E-state index < -0.39 is 0 Å². The number of rotatable bonds is 12. The molecule has 5 nitrogen and oxygen atoms in total. The van der Waals surface area contributed by atoms with E-state index >= 15 is 0 Å². The minimum absolute atomic E-state index is 0.0961. The van der Waals surface area contributed by atoms with Gasteiger partial charge in [-0.3, -0.25) is 19.6 Å². The SMILES string of the molecule is CC(C)(C)c1cc(CN2C(=[N+]=C3N(Cc4cc(C(C)(C)C)cc(C(C)(C)C)c4I)[C@@H](c4ccccc4)[C@H](c4ccccc4)N3Cc3cc(C(C)(C)C)cc(C(C)(C)C)c3I)N(Cc3cc(C(C)(C)C)cc(C(C)(C)C)c3)[C@@H](c3ccccc3)[C@@H]2c2ccccc2)cc(C(C)(C)C)c1. The van der Waals surface area contributed by atoms with E-state index in [0.29, 0.717) is 26.2 Å². The number of benzene rings is 8. The molecule has 2 fully saturated rings. The summed E-state index contributed by atoms with van der Waals surface area (Å²) in [6, 6.07) is 70.2. The van der Waals surface area contributed by atoms with Crippen LogP contribution in [-0.2, 0) is 69.5 Å². The maximum atomic E-state index is 6.85. The summed E-state index contributed by atoms with van der Waals surface area (Å²) in [6.07, 6.45) is 0. The molecule has 2 heterocycles. The second-order valence-corrected chi connectivity index (χ2v) is 38.6. The van der Waals surface area contributed by atoms with Crippen LogP contribution in [-0.4, -0.2) is 31.5 Å². The molecule has 0 unspecified atom stereocenters. The molecule has 0 bridgehead atoms. The molecule has 0 spiro atoms. The largest absolute Gasteiger partial charge is 0.375 e. The Morgan fingerprint density at radius 2 is 0.485 bits per heavy atom. The fraction of sp³-hybridized carbons (Fsp3) is 0.444. The quantitative estimate of drug-likeness (QED) is 0.0900. The Bertz CT molecular complexity index is 3830. The topological polar surface area (TPSA) is 27.1 Å². The molecule has 0 aromatic heterocycles. The van der Waals surface area contributed by atoms with Crippen LogP contribution in [0.15, 0.2) is 182 Å². The van der Waals surface area contributed by atoms with Crippen molar-refractivity contribution in [3.8, 4) is 0 Å². The summed E-state index contributed by atoms with van der Waals surface area (Å²) >= 11 is 5.44. The van der Waals surface area contributed by atoms with Crippen LogP contribution in [0.5, 0.6) is 0 Å². The molecule has 0 N–H and O–H groups in total. The molecular weight excluding hydrogens is 1400 g/mol. The third kappa shape index (κ3) is 16.4. The van der Waals surface area contributed by atoms with Crippen molar-refractivity contribution in [1.82, 2.24) is 24.3 Å². The maximum Gasteiger partial charge on any atom is 0.375 e. The van der Waals surface area contributed by atoms with Gasteiger partial charge in [-0.25, -0.2) is 4.67 Å². The number of hydrogen-bond acceptors (Lipinski definition) is 0.